The highest BCUT2D eigenvalue weighted by Crippen LogP contribution is 2.25. The molecule has 0 aliphatic rings. The fraction of sp³-hybridized carbons (Fsp3) is 0.231. The number of hydrogen-bond acceptors (Lipinski definition) is 4. The highest BCUT2D eigenvalue weighted by atomic mass is 16.5. The maximum Gasteiger partial charge on any atom is 0.322 e. The van der Waals surface area contributed by atoms with Gasteiger partial charge in [0.15, 0.2) is 0 Å². The van der Waals surface area contributed by atoms with Crippen molar-refractivity contribution in [1.29, 1.82) is 0 Å². The Morgan fingerprint density at radius 2 is 1.65 bits per heavy atom. The Kier molecular flexibility index (Phi) is 2.95. The molecule has 0 radical (unpaired) electrons. The summed E-state index contributed by atoms with van der Waals surface area (Å²) in [6.45, 7) is 5.78. The van der Waals surface area contributed by atoms with E-state index in [1.54, 1.807) is 6.07 Å². The number of hydrogen-bond donors (Lipinski definition) is 1. The standard InChI is InChI=1S/C13H15N3O/c1-8-4-5-11(14)7-12(8)17-13-15-9(2)6-10(3)16-13/h4-7H,14H2,1-3H3. The average Bonchev–Trinajstić information content (AvgIpc) is 2.22. The van der Waals surface area contributed by atoms with Crippen molar-refractivity contribution in [3.05, 3.63) is 41.2 Å². The molecule has 4 nitrogen and oxygen atoms in total. The maximum absolute atomic E-state index is 5.72. The molecule has 0 saturated carbocycles. The summed E-state index contributed by atoms with van der Waals surface area (Å²) in [6, 6.07) is 7.78. The van der Waals surface area contributed by atoms with Gasteiger partial charge < -0.3 is 10.5 Å². The normalized spacial score (nSPS) is 10.3. The van der Waals surface area contributed by atoms with Gasteiger partial charge in [-0.25, -0.2) is 9.97 Å². The van der Waals surface area contributed by atoms with Crippen molar-refractivity contribution in [2.45, 2.75) is 20.8 Å². The molecule has 0 saturated heterocycles. The monoisotopic (exact) mass is 229 g/mol. The molecule has 0 aliphatic heterocycles. The molecule has 1 aromatic carbocycles. The van der Waals surface area contributed by atoms with E-state index in [-0.39, 0.29) is 0 Å². The molecule has 2 aromatic rings. The van der Waals surface area contributed by atoms with Crippen LogP contribution in [0.2, 0.25) is 0 Å². The van der Waals surface area contributed by atoms with Crippen LogP contribution in [0, 0.1) is 20.8 Å². The molecule has 4 heteroatoms. The van der Waals surface area contributed by atoms with Crippen LogP contribution < -0.4 is 10.5 Å². The Balaban J connectivity index is 2.34. The molecule has 0 unspecified atom stereocenters. The summed E-state index contributed by atoms with van der Waals surface area (Å²) in [4.78, 5) is 8.45. The molecule has 1 heterocycles. The van der Waals surface area contributed by atoms with Crippen molar-refractivity contribution in [2.75, 3.05) is 5.73 Å². The third kappa shape index (κ3) is 2.72. The summed E-state index contributed by atoms with van der Waals surface area (Å²) < 4.78 is 5.65. The first-order chi connectivity index (χ1) is 8.04. The van der Waals surface area contributed by atoms with E-state index < -0.39 is 0 Å². The molecule has 2 rings (SSSR count). The minimum atomic E-state index is 0.358. The van der Waals surface area contributed by atoms with E-state index in [4.69, 9.17) is 10.5 Å². The Hall–Kier alpha value is -2.10. The van der Waals surface area contributed by atoms with E-state index in [1.165, 1.54) is 0 Å². The van der Waals surface area contributed by atoms with Crippen LogP contribution >= 0.6 is 0 Å². The topological polar surface area (TPSA) is 61.0 Å². The van der Waals surface area contributed by atoms with E-state index >= 15 is 0 Å². The first kappa shape index (κ1) is 11.4. The molecule has 0 amide bonds. The van der Waals surface area contributed by atoms with Gasteiger partial charge >= 0.3 is 6.01 Å². The lowest BCUT2D eigenvalue weighted by atomic mass is 10.2. The quantitative estimate of drug-likeness (QED) is 0.804. The third-order valence-corrected chi connectivity index (χ3v) is 2.38. The molecule has 88 valence electrons. The van der Waals surface area contributed by atoms with Gasteiger partial charge in [0.2, 0.25) is 0 Å². The molecule has 0 bridgehead atoms. The molecule has 2 N–H and O–H groups in total. The van der Waals surface area contributed by atoms with Crippen LogP contribution in [-0.4, -0.2) is 9.97 Å². The fourth-order valence-corrected chi connectivity index (χ4v) is 1.56. The molecular formula is C13H15N3O. The number of anilines is 1. The summed E-state index contributed by atoms with van der Waals surface area (Å²) in [5.74, 6) is 0.690. The third-order valence-electron chi connectivity index (χ3n) is 2.38. The lowest BCUT2D eigenvalue weighted by Gasteiger charge is -2.08. The summed E-state index contributed by atoms with van der Waals surface area (Å²) >= 11 is 0. The number of aromatic nitrogens is 2. The van der Waals surface area contributed by atoms with Gasteiger partial charge in [0, 0.05) is 23.1 Å². The summed E-state index contributed by atoms with van der Waals surface area (Å²) in [5.41, 5.74) is 9.15. The fourth-order valence-electron chi connectivity index (χ4n) is 1.56. The van der Waals surface area contributed by atoms with Crippen LogP contribution in [0.15, 0.2) is 24.3 Å². The van der Waals surface area contributed by atoms with Crippen molar-refractivity contribution in [3.8, 4) is 11.8 Å². The summed E-state index contributed by atoms with van der Waals surface area (Å²) in [7, 11) is 0. The number of nitrogens with two attached hydrogens (primary N) is 1. The zero-order valence-electron chi connectivity index (χ0n) is 10.2. The number of ether oxygens (including phenoxy) is 1. The van der Waals surface area contributed by atoms with Crippen LogP contribution in [0.25, 0.3) is 0 Å². The van der Waals surface area contributed by atoms with Crippen molar-refractivity contribution in [2.24, 2.45) is 0 Å². The van der Waals surface area contributed by atoms with Crippen molar-refractivity contribution < 1.29 is 4.74 Å². The minimum Gasteiger partial charge on any atom is -0.424 e. The second-order valence-electron chi connectivity index (χ2n) is 4.06. The van der Waals surface area contributed by atoms with Gasteiger partial charge in [-0.2, -0.15) is 0 Å². The predicted octanol–water partition coefficient (Wildman–Crippen LogP) is 2.78. The van der Waals surface area contributed by atoms with E-state index in [9.17, 15) is 0 Å². The number of rotatable bonds is 2. The number of benzene rings is 1. The van der Waals surface area contributed by atoms with Crippen LogP contribution in [0.1, 0.15) is 17.0 Å². The lowest BCUT2D eigenvalue weighted by Crippen LogP contribution is -1.97. The lowest BCUT2D eigenvalue weighted by molar-refractivity contribution is 0.436. The number of nitrogen functional groups attached to an aromatic ring is 1. The average molecular weight is 229 g/mol. The molecule has 0 fully saturated rings. The van der Waals surface area contributed by atoms with E-state index in [2.05, 4.69) is 9.97 Å². The Labute approximate surface area is 100 Å². The van der Waals surface area contributed by atoms with Crippen molar-refractivity contribution >= 4 is 5.69 Å². The molecule has 0 spiro atoms. The smallest absolute Gasteiger partial charge is 0.322 e. The molecule has 0 aliphatic carbocycles. The van der Waals surface area contributed by atoms with Crippen molar-refractivity contribution in [3.63, 3.8) is 0 Å². The molecule has 0 atom stereocenters. The zero-order chi connectivity index (χ0) is 12.4. The highest BCUT2D eigenvalue weighted by molar-refractivity contribution is 5.48. The Morgan fingerprint density at radius 1 is 1.00 bits per heavy atom. The van der Waals surface area contributed by atoms with E-state index in [1.807, 2.05) is 39.0 Å². The number of aryl methyl sites for hydroxylation is 3. The first-order valence-electron chi connectivity index (χ1n) is 5.41. The second kappa shape index (κ2) is 4.41. The van der Waals surface area contributed by atoms with Gasteiger partial charge in [0.25, 0.3) is 0 Å². The van der Waals surface area contributed by atoms with Crippen LogP contribution in [-0.2, 0) is 0 Å². The maximum atomic E-state index is 5.72. The van der Waals surface area contributed by atoms with Gasteiger partial charge in [-0.15, -0.1) is 0 Å². The predicted molar refractivity (Wildman–Crippen MR) is 67.2 cm³/mol. The Morgan fingerprint density at radius 3 is 2.29 bits per heavy atom. The van der Waals surface area contributed by atoms with Crippen LogP contribution in [0.4, 0.5) is 5.69 Å². The number of nitrogens with zero attached hydrogens (tertiary/aromatic N) is 2. The van der Waals surface area contributed by atoms with Crippen LogP contribution in [0.5, 0.6) is 11.8 Å². The molecule has 17 heavy (non-hydrogen) atoms. The van der Waals surface area contributed by atoms with Gasteiger partial charge in [0.1, 0.15) is 5.75 Å². The van der Waals surface area contributed by atoms with E-state index in [0.717, 1.165) is 17.0 Å². The summed E-state index contributed by atoms with van der Waals surface area (Å²) in [5, 5.41) is 0. The SMILES string of the molecule is Cc1cc(C)nc(Oc2cc(N)ccc2C)n1. The first-order valence-corrected chi connectivity index (χ1v) is 5.41. The van der Waals surface area contributed by atoms with E-state index in [0.29, 0.717) is 17.4 Å². The zero-order valence-corrected chi connectivity index (χ0v) is 10.2. The molecular weight excluding hydrogens is 214 g/mol. The van der Waals surface area contributed by atoms with Gasteiger partial charge in [-0.1, -0.05) is 6.07 Å². The van der Waals surface area contributed by atoms with Gasteiger partial charge in [-0.3, -0.25) is 0 Å². The van der Waals surface area contributed by atoms with Crippen LogP contribution in [0.3, 0.4) is 0 Å². The minimum absolute atomic E-state index is 0.358. The van der Waals surface area contributed by atoms with Gasteiger partial charge in [-0.05, 0) is 38.5 Å². The highest BCUT2D eigenvalue weighted by Gasteiger charge is 2.05. The largest absolute Gasteiger partial charge is 0.424 e. The summed E-state index contributed by atoms with van der Waals surface area (Å²) in [6.07, 6.45) is 0. The Bertz CT molecular complexity index is 532. The second-order valence-corrected chi connectivity index (χ2v) is 4.06. The van der Waals surface area contributed by atoms with Crippen molar-refractivity contribution in [1.82, 2.24) is 9.97 Å². The molecule has 1 aromatic heterocycles. The van der Waals surface area contributed by atoms with Gasteiger partial charge in [0.05, 0.1) is 0 Å².